The standard InChI is InChI=1S/C13H17N3O2S2/c1-10-9-19-12(8-14-2)13(10)20(17,18)16-7-11-5-3-4-6-15-11/h3-6,9,14,16H,7-8H2,1-2H3. The minimum Gasteiger partial charge on any atom is -0.315 e. The second-order valence-corrected chi connectivity index (χ2v) is 7.01. The first-order valence-electron chi connectivity index (χ1n) is 6.15. The summed E-state index contributed by atoms with van der Waals surface area (Å²) in [6, 6.07) is 5.42. The van der Waals surface area contributed by atoms with E-state index in [0.29, 0.717) is 17.1 Å². The molecule has 0 bridgehead atoms. The molecule has 2 N–H and O–H groups in total. The van der Waals surface area contributed by atoms with E-state index in [4.69, 9.17) is 0 Å². The van der Waals surface area contributed by atoms with Gasteiger partial charge in [-0.1, -0.05) is 6.07 Å². The predicted octanol–water partition coefficient (Wildman–Crippen LogP) is 1.65. The molecule has 2 heterocycles. The number of nitrogens with one attached hydrogen (secondary N) is 2. The summed E-state index contributed by atoms with van der Waals surface area (Å²) in [7, 11) is -1.72. The number of aromatic nitrogens is 1. The third-order valence-corrected chi connectivity index (χ3v) is 5.63. The molecule has 0 aliphatic rings. The van der Waals surface area contributed by atoms with Crippen LogP contribution in [0.3, 0.4) is 0 Å². The fourth-order valence-corrected chi connectivity index (χ4v) is 4.69. The highest BCUT2D eigenvalue weighted by Crippen LogP contribution is 2.26. The molecule has 0 saturated carbocycles. The van der Waals surface area contributed by atoms with Crippen molar-refractivity contribution in [2.75, 3.05) is 7.05 Å². The third-order valence-electron chi connectivity index (χ3n) is 2.76. The van der Waals surface area contributed by atoms with Crippen molar-refractivity contribution in [1.82, 2.24) is 15.0 Å². The number of sulfonamides is 1. The molecule has 0 aliphatic heterocycles. The number of aryl methyl sites for hydroxylation is 1. The molecular formula is C13H17N3O2S2. The molecule has 7 heteroatoms. The lowest BCUT2D eigenvalue weighted by Crippen LogP contribution is -2.25. The summed E-state index contributed by atoms with van der Waals surface area (Å²) in [5.74, 6) is 0. The Bertz CT molecular complexity index is 666. The van der Waals surface area contributed by atoms with Crippen LogP contribution in [0.5, 0.6) is 0 Å². The van der Waals surface area contributed by atoms with E-state index in [1.807, 2.05) is 18.4 Å². The molecule has 0 aromatic carbocycles. The van der Waals surface area contributed by atoms with E-state index in [1.54, 1.807) is 25.4 Å². The van der Waals surface area contributed by atoms with Gasteiger partial charge in [-0.2, -0.15) is 0 Å². The number of hydrogen-bond donors (Lipinski definition) is 2. The zero-order chi connectivity index (χ0) is 14.6. The van der Waals surface area contributed by atoms with Gasteiger partial charge >= 0.3 is 0 Å². The lowest BCUT2D eigenvalue weighted by Gasteiger charge is -2.08. The zero-order valence-electron chi connectivity index (χ0n) is 11.4. The van der Waals surface area contributed by atoms with Crippen LogP contribution in [-0.2, 0) is 23.1 Å². The average molecular weight is 311 g/mol. The van der Waals surface area contributed by atoms with Gasteiger partial charge in [0.05, 0.1) is 12.2 Å². The van der Waals surface area contributed by atoms with Crippen molar-refractivity contribution in [3.05, 3.63) is 45.9 Å². The van der Waals surface area contributed by atoms with Crippen LogP contribution >= 0.6 is 11.3 Å². The normalized spacial score (nSPS) is 11.7. The molecule has 0 aliphatic carbocycles. The molecule has 5 nitrogen and oxygen atoms in total. The highest BCUT2D eigenvalue weighted by atomic mass is 32.2. The van der Waals surface area contributed by atoms with Crippen LogP contribution < -0.4 is 10.0 Å². The van der Waals surface area contributed by atoms with Gasteiger partial charge in [-0.25, -0.2) is 13.1 Å². The van der Waals surface area contributed by atoms with Crippen LogP contribution in [0.25, 0.3) is 0 Å². The maximum absolute atomic E-state index is 12.4. The van der Waals surface area contributed by atoms with E-state index in [9.17, 15) is 8.42 Å². The maximum Gasteiger partial charge on any atom is 0.242 e. The molecule has 108 valence electrons. The van der Waals surface area contributed by atoms with E-state index in [2.05, 4.69) is 15.0 Å². The molecule has 20 heavy (non-hydrogen) atoms. The quantitative estimate of drug-likeness (QED) is 0.851. The molecule has 0 saturated heterocycles. The van der Waals surface area contributed by atoms with Gasteiger partial charge in [-0.3, -0.25) is 4.98 Å². The average Bonchev–Trinajstić information content (AvgIpc) is 2.80. The van der Waals surface area contributed by atoms with Crippen molar-refractivity contribution in [3.63, 3.8) is 0 Å². The molecule has 0 unspecified atom stereocenters. The van der Waals surface area contributed by atoms with Crippen LogP contribution in [0.15, 0.2) is 34.7 Å². The second-order valence-electron chi connectivity index (χ2n) is 4.35. The fraction of sp³-hybridized carbons (Fsp3) is 0.308. The van der Waals surface area contributed by atoms with Gasteiger partial charge in [0.15, 0.2) is 0 Å². The van der Waals surface area contributed by atoms with Crippen molar-refractivity contribution >= 4 is 21.4 Å². The number of nitrogens with zero attached hydrogens (tertiary/aromatic N) is 1. The third kappa shape index (κ3) is 3.43. The van der Waals surface area contributed by atoms with Crippen LogP contribution in [0.2, 0.25) is 0 Å². The van der Waals surface area contributed by atoms with Crippen molar-refractivity contribution in [3.8, 4) is 0 Å². The van der Waals surface area contributed by atoms with Gasteiger partial charge in [0, 0.05) is 17.6 Å². The van der Waals surface area contributed by atoms with E-state index in [1.165, 1.54) is 11.3 Å². The smallest absolute Gasteiger partial charge is 0.242 e. The fourth-order valence-electron chi connectivity index (χ4n) is 1.87. The topological polar surface area (TPSA) is 71.1 Å². The molecule has 0 radical (unpaired) electrons. The Hall–Kier alpha value is -1.28. The van der Waals surface area contributed by atoms with Crippen molar-refractivity contribution < 1.29 is 8.42 Å². The van der Waals surface area contributed by atoms with Gasteiger partial charge in [-0.05, 0) is 37.0 Å². The van der Waals surface area contributed by atoms with Crippen molar-refractivity contribution in [2.24, 2.45) is 0 Å². The first-order chi connectivity index (χ1) is 9.54. The highest BCUT2D eigenvalue weighted by molar-refractivity contribution is 7.89. The number of hydrogen-bond acceptors (Lipinski definition) is 5. The molecular weight excluding hydrogens is 294 g/mol. The zero-order valence-corrected chi connectivity index (χ0v) is 13.0. The Kier molecular flexibility index (Phi) is 4.87. The largest absolute Gasteiger partial charge is 0.315 e. The maximum atomic E-state index is 12.4. The number of rotatable bonds is 6. The molecule has 0 amide bonds. The predicted molar refractivity (Wildman–Crippen MR) is 80.1 cm³/mol. The van der Waals surface area contributed by atoms with Gasteiger partial charge < -0.3 is 5.32 Å². The highest BCUT2D eigenvalue weighted by Gasteiger charge is 2.22. The van der Waals surface area contributed by atoms with E-state index in [0.717, 1.165) is 10.4 Å². The summed E-state index contributed by atoms with van der Waals surface area (Å²) in [6.45, 7) is 2.54. The Balaban J connectivity index is 2.20. The Morgan fingerprint density at radius 3 is 2.75 bits per heavy atom. The molecule has 2 rings (SSSR count). The minimum atomic E-state index is -3.52. The molecule has 2 aromatic rings. The molecule has 0 spiro atoms. The molecule has 2 aromatic heterocycles. The Morgan fingerprint density at radius 1 is 1.30 bits per heavy atom. The lowest BCUT2D eigenvalue weighted by atomic mass is 10.3. The molecule has 0 atom stereocenters. The summed E-state index contributed by atoms with van der Waals surface area (Å²) < 4.78 is 27.5. The van der Waals surface area contributed by atoms with Gasteiger partial charge in [0.1, 0.15) is 4.90 Å². The first kappa shape index (κ1) is 15.1. The van der Waals surface area contributed by atoms with Gasteiger partial charge in [0.2, 0.25) is 10.0 Å². The Labute approximate surface area is 123 Å². The van der Waals surface area contributed by atoms with Crippen molar-refractivity contribution in [1.29, 1.82) is 0 Å². The van der Waals surface area contributed by atoms with E-state index < -0.39 is 10.0 Å². The number of pyridine rings is 1. The van der Waals surface area contributed by atoms with E-state index >= 15 is 0 Å². The van der Waals surface area contributed by atoms with Crippen molar-refractivity contribution in [2.45, 2.75) is 24.9 Å². The van der Waals surface area contributed by atoms with Crippen LogP contribution in [0, 0.1) is 6.92 Å². The first-order valence-corrected chi connectivity index (χ1v) is 8.52. The monoisotopic (exact) mass is 311 g/mol. The Morgan fingerprint density at radius 2 is 2.10 bits per heavy atom. The molecule has 0 fully saturated rings. The van der Waals surface area contributed by atoms with Crippen LogP contribution in [0.1, 0.15) is 16.1 Å². The van der Waals surface area contributed by atoms with E-state index in [-0.39, 0.29) is 6.54 Å². The van der Waals surface area contributed by atoms with Gasteiger partial charge in [0.25, 0.3) is 0 Å². The summed E-state index contributed by atoms with van der Waals surface area (Å²) in [4.78, 5) is 5.31. The summed E-state index contributed by atoms with van der Waals surface area (Å²) >= 11 is 1.45. The van der Waals surface area contributed by atoms with Gasteiger partial charge in [-0.15, -0.1) is 11.3 Å². The van der Waals surface area contributed by atoms with Crippen LogP contribution in [-0.4, -0.2) is 20.4 Å². The summed E-state index contributed by atoms with van der Waals surface area (Å²) in [5.41, 5.74) is 1.47. The SMILES string of the molecule is CNCc1scc(C)c1S(=O)(=O)NCc1ccccn1. The minimum absolute atomic E-state index is 0.192. The summed E-state index contributed by atoms with van der Waals surface area (Å²) in [6.07, 6.45) is 1.64. The summed E-state index contributed by atoms with van der Waals surface area (Å²) in [5, 5.41) is 4.85. The lowest BCUT2D eigenvalue weighted by molar-refractivity contribution is 0.578. The second kappa shape index (κ2) is 6.45. The number of thiophene rings is 1. The van der Waals surface area contributed by atoms with Crippen LogP contribution in [0.4, 0.5) is 0 Å².